The summed E-state index contributed by atoms with van der Waals surface area (Å²) in [5, 5.41) is 8.94. The van der Waals surface area contributed by atoms with Crippen LogP contribution in [-0.4, -0.2) is 34.0 Å². The van der Waals surface area contributed by atoms with E-state index in [-0.39, 0.29) is 0 Å². The first-order chi connectivity index (χ1) is 9.10. The van der Waals surface area contributed by atoms with Crippen LogP contribution in [-0.2, 0) is 11.3 Å². The molecule has 102 valence electrons. The number of rotatable bonds is 6. The monoisotopic (exact) mass is 262 g/mol. The molecule has 1 atom stereocenters. The molecule has 5 nitrogen and oxygen atoms in total. The van der Waals surface area contributed by atoms with Gasteiger partial charge >= 0.3 is 5.97 Å². The van der Waals surface area contributed by atoms with Crippen LogP contribution in [0.3, 0.4) is 0 Å². The summed E-state index contributed by atoms with van der Waals surface area (Å²) in [6, 6.07) is 7.60. The summed E-state index contributed by atoms with van der Waals surface area (Å²) >= 11 is 0. The van der Waals surface area contributed by atoms with Gasteiger partial charge in [-0.2, -0.15) is 0 Å². The molecule has 0 aliphatic rings. The Morgan fingerprint density at radius 1 is 1.47 bits per heavy atom. The van der Waals surface area contributed by atoms with Gasteiger partial charge in [0.1, 0.15) is 5.52 Å². The summed E-state index contributed by atoms with van der Waals surface area (Å²) in [7, 11) is 0. The maximum absolute atomic E-state index is 10.9. The third kappa shape index (κ3) is 3.32. The van der Waals surface area contributed by atoms with E-state index >= 15 is 0 Å². The number of fused-ring (bicyclic) bond motifs is 1. The fraction of sp³-hybridized carbons (Fsp3) is 0.429. The molecule has 0 bridgehead atoms. The smallest absolute Gasteiger partial charge is 0.307 e. The number of oxazole rings is 1. The van der Waals surface area contributed by atoms with Crippen LogP contribution in [0.1, 0.15) is 19.7 Å². The topological polar surface area (TPSA) is 66.6 Å². The second kappa shape index (κ2) is 5.84. The fourth-order valence-corrected chi connectivity index (χ4v) is 1.95. The summed E-state index contributed by atoms with van der Waals surface area (Å²) in [5.74, 6) is -0.555. The highest BCUT2D eigenvalue weighted by atomic mass is 16.4. The third-order valence-corrected chi connectivity index (χ3v) is 3.10. The van der Waals surface area contributed by atoms with E-state index in [1.54, 1.807) is 6.92 Å². The molecule has 0 aliphatic heterocycles. The van der Waals surface area contributed by atoms with Gasteiger partial charge in [-0.05, 0) is 18.7 Å². The van der Waals surface area contributed by atoms with Gasteiger partial charge in [-0.25, -0.2) is 4.98 Å². The van der Waals surface area contributed by atoms with Gasteiger partial charge in [0.2, 0.25) is 5.89 Å². The first-order valence-corrected chi connectivity index (χ1v) is 6.39. The number of carbonyl (C=O) groups is 1. The van der Waals surface area contributed by atoms with Gasteiger partial charge in [-0.15, -0.1) is 0 Å². The van der Waals surface area contributed by atoms with Crippen molar-refractivity contribution in [2.75, 3.05) is 13.1 Å². The highest BCUT2D eigenvalue weighted by Crippen LogP contribution is 2.16. The van der Waals surface area contributed by atoms with Gasteiger partial charge in [-0.3, -0.25) is 9.69 Å². The Kier molecular flexibility index (Phi) is 4.16. The second-order valence-electron chi connectivity index (χ2n) is 4.64. The molecule has 0 saturated carbocycles. The van der Waals surface area contributed by atoms with E-state index in [4.69, 9.17) is 9.52 Å². The Morgan fingerprint density at radius 3 is 2.84 bits per heavy atom. The molecule has 1 aromatic carbocycles. The summed E-state index contributed by atoms with van der Waals surface area (Å²) in [4.78, 5) is 17.3. The normalized spacial score (nSPS) is 13.0. The molecule has 1 N–H and O–H groups in total. The van der Waals surface area contributed by atoms with Crippen LogP contribution in [0.2, 0.25) is 0 Å². The molecule has 1 aromatic heterocycles. The van der Waals surface area contributed by atoms with Crippen LogP contribution in [0, 0.1) is 5.92 Å². The van der Waals surface area contributed by atoms with Crippen molar-refractivity contribution < 1.29 is 14.3 Å². The van der Waals surface area contributed by atoms with E-state index in [1.165, 1.54) is 0 Å². The van der Waals surface area contributed by atoms with Gasteiger partial charge in [0.15, 0.2) is 5.58 Å². The van der Waals surface area contributed by atoms with E-state index < -0.39 is 11.9 Å². The number of benzene rings is 1. The molecule has 0 radical (unpaired) electrons. The predicted molar refractivity (Wildman–Crippen MR) is 71.8 cm³/mol. The number of aromatic nitrogens is 1. The highest BCUT2D eigenvalue weighted by Gasteiger charge is 2.17. The van der Waals surface area contributed by atoms with Gasteiger partial charge in [0.25, 0.3) is 0 Å². The lowest BCUT2D eigenvalue weighted by atomic mass is 10.2. The molecule has 5 heteroatoms. The zero-order valence-corrected chi connectivity index (χ0v) is 11.2. The summed E-state index contributed by atoms with van der Waals surface area (Å²) in [6.45, 7) is 5.48. The number of aliphatic carboxylic acids is 1. The molecule has 2 aromatic rings. The predicted octanol–water partition coefficient (Wildman–Crippen LogP) is 2.37. The van der Waals surface area contributed by atoms with E-state index in [2.05, 4.69) is 4.98 Å². The van der Waals surface area contributed by atoms with E-state index in [9.17, 15) is 4.79 Å². The zero-order chi connectivity index (χ0) is 13.8. The Morgan fingerprint density at radius 2 is 2.21 bits per heavy atom. The molecule has 0 saturated heterocycles. The number of nitrogens with zero attached hydrogens (tertiary/aromatic N) is 2. The Bertz CT molecular complexity index is 532. The molecule has 1 unspecified atom stereocenters. The lowest BCUT2D eigenvalue weighted by Gasteiger charge is -2.20. The number of hydrogen-bond acceptors (Lipinski definition) is 4. The van der Waals surface area contributed by atoms with Gasteiger partial charge in [0.05, 0.1) is 12.5 Å². The SMILES string of the molecule is CCN(Cc1nc2ccccc2o1)CC(C)C(=O)O. The largest absolute Gasteiger partial charge is 0.481 e. The van der Waals surface area contributed by atoms with Crippen molar-refractivity contribution in [2.24, 2.45) is 5.92 Å². The molecule has 0 aliphatic carbocycles. The zero-order valence-electron chi connectivity index (χ0n) is 11.2. The van der Waals surface area contributed by atoms with Crippen LogP contribution in [0.15, 0.2) is 28.7 Å². The summed E-state index contributed by atoms with van der Waals surface area (Å²) in [5.41, 5.74) is 1.60. The summed E-state index contributed by atoms with van der Waals surface area (Å²) < 4.78 is 5.64. The number of carboxylic acid groups (broad SMARTS) is 1. The maximum Gasteiger partial charge on any atom is 0.307 e. The van der Waals surface area contributed by atoms with Crippen molar-refractivity contribution in [3.63, 3.8) is 0 Å². The van der Waals surface area contributed by atoms with Crippen LogP contribution in [0.4, 0.5) is 0 Å². The van der Waals surface area contributed by atoms with Crippen LogP contribution in [0.25, 0.3) is 11.1 Å². The number of carboxylic acids is 1. The maximum atomic E-state index is 10.9. The van der Waals surface area contributed by atoms with Gasteiger partial charge in [-0.1, -0.05) is 26.0 Å². The standard InChI is InChI=1S/C14H18N2O3/c1-3-16(8-10(2)14(17)18)9-13-15-11-6-4-5-7-12(11)19-13/h4-7,10H,3,8-9H2,1-2H3,(H,17,18). The minimum absolute atomic E-state index is 0.399. The molecule has 0 amide bonds. The first kappa shape index (κ1) is 13.5. The Balaban J connectivity index is 2.07. The molecular weight excluding hydrogens is 244 g/mol. The molecule has 1 heterocycles. The van der Waals surface area contributed by atoms with Crippen molar-refractivity contribution in [1.29, 1.82) is 0 Å². The Hall–Kier alpha value is -1.88. The minimum Gasteiger partial charge on any atom is -0.481 e. The lowest BCUT2D eigenvalue weighted by molar-refractivity contribution is -0.141. The van der Waals surface area contributed by atoms with Crippen molar-refractivity contribution in [1.82, 2.24) is 9.88 Å². The lowest BCUT2D eigenvalue weighted by Crippen LogP contribution is -2.31. The molecule has 2 rings (SSSR count). The molecule has 0 spiro atoms. The fourth-order valence-electron chi connectivity index (χ4n) is 1.95. The van der Waals surface area contributed by atoms with Crippen LogP contribution >= 0.6 is 0 Å². The third-order valence-electron chi connectivity index (χ3n) is 3.10. The van der Waals surface area contributed by atoms with Crippen LogP contribution in [0.5, 0.6) is 0 Å². The molecule has 19 heavy (non-hydrogen) atoms. The van der Waals surface area contributed by atoms with Crippen molar-refractivity contribution in [3.05, 3.63) is 30.2 Å². The van der Waals surface area contributed by atoms with Crippen molar-refractivity contribution in [2.45, 2.75) is 20.4 Å². The average Bonchev–Trinajstić information content (AvgIpc) is 2.79. The van der Waals surface area contributed by atoms with E-state index in [0.29, 0.717) is 19.0 Å². The van der Waals surface area contributed by atoms with E-state index in [1.807, 2.05) is 36.1 Å². The average molecular weight is 262 g/mol. The van der Waals surface area contributed by atoms with Crippen molar-refractivity contribution in [3.8, 4) is 0 Å². The minimum atomic E-state index is -0.781. The van der Waals surface area contributed by atoms with Crippen LogP contribution < -0.4 is 0 Å². The number of hydrogen-bond donors (Lipinski definition) is 1. The highest BCUT2D eigenvalue weighted by molar-refractivity contribution is 5.72. The molecular formula is C14H18N2O3. The quantitative estimate of drug-likeness (QED) is 0.865. The van der Waals surface area contributed by atoms with Crippen molar-refractivity contribution >= 4 is 17.1 Å². The summed E-state index contributed by atoms with van der Waals surface area (Å²) in [6.07, 6.45) is 0. The van der Waals surface area contributed by atoms with Gasteiger partial charge < -0.3 is 9.52 Å². The van der Waals surface area contributed by atoms with E-state index in [0.717, 1.165) is 17.6 Å². The number of para-hydroxylation sites is 2. The molecule has 0 fully saturated rings. The Labute approximate surface area is 111 Å². The van der Waals surface area contributed by atoms with Gasteiger partial charge in [0, 0.05) is 6.54 Å². The first-order valence-electron chi connectivity index (χ1n) is 6.39. The second-order valence-corrected chi connectivity index (χ2v) is 4.64.